The first-order valence-corrected chi connectivity index (χ1v) is 10.2. The monoisotopic (exact) mass is 396 g/mol. The molecule has 1 aromatic heterocycles. The Kier molecular flexibility index (Phi) is 5.79. The van der Waals surface area contributed by atoms with Gasteiger partial charge < -0.3 is 9.84 Å². The lowest BCUT2D eigenvalue weighted by atomic mass is 9.95. The Morgan fingerprint density at radius 1 is 1.24 bits per heavy atom. The van der Waals surface area contributed by atoms with Gasteiger partial charge >= 0.3 is 5.97 Å². The second-order valence-electron chi connectivity index (χ2n) is 7.86. The van der Waals surface area contributed by atoms with Crippen LogP contribution < -0.4 is 4.74 Å². The van der Waals surface area contributed by atoms with Crippen molar-refractivity contribution in [3.63, 3.8) is 0 Å². The summed E-state index contributed by atoms with van der Waals surface area (Å²) in [6, 6.07) is 10.9. The number of aromatic amines is 1. The number of halogens is 1. The minimum atomic E-state index is -0.935. The maximum absolute atomic E-state index is 14.4. The van der Waals surface area contributed by atoms with Crippen LogP contribution in [0.3, 0.4) is 0 Å². The molecule has 0 aliphatic heterocycles. The van der Waals surface area contributed by atoms with Crippen molar-refractivity contribution < 1.29 is 19.0 Å². The Morgan fingerprint density at radius 2 is 2.07 bits per heavy atom. The highest BCUT2D eigenvalue weighted by Crippen LogP contribution is 2.36. The Labute approximate surface area is 168 Å². The van der Waals surface area contributed by atoms with E-state index in [4.69, 9.17) is 9.84 Å². The summed E-state index contributed by atoms with van der Waals surface area (Å²) >= 11 is 0. The average Bonchev–Trinajstić information content (AvgIpc) is 3.37. The van der Waals surface area contributed by atoms with Gasteiger partial charge in [0.2, 0.25) is 0 Å². The molecule has 1 atom stereocenters. The molecule has 1 aliphatic rings. The molecular weight excluding hydrogens is 371 g/mol. The van der Waals surface area contributed by atoms with Gasteiger partial charge in [-0.3, -0.25) is 9.89 Å². The van der Waals surface area contributed by atoms with E-state index >= 15 is 0 Å². The first-order valence-electron chi connectivity index (χ1n) is 10.2. The number of carboxylic acids is 1. The van der Waals surface area contributed by atoms with E-state index in [1.807, 2.05) is 6.07 Å². The van der Waals surface area contributed by atoms with Gasteiger partial charge in [0, 0.05) is 17.9 Å². The molecule has 1 unspecified atom stereocenters. The number of carbonyl (C=O) groups is 1. The summed E-state index contributed by atoms with van der Waals surface area (Å²) in [5, 5.41) is 16.9. The summed E-state index contributed by atoms with van der Waals surface area (Å²) < 4.78 is 20.7. The van der Waals surface area contributed by atoms with E-state index in [1.54, 1.807) is 18.3 Å². The standard InChI is InChI=1S/C23H25FN2O3/c24-20-13-19(9-7-16(20)8-10-23(27)28)29-22(11-15-3-1-2-4-15)17-5-6-18-14-25-26-21(18)12-17/h5-7,9,12-15,22H,1-4,8,10-11H2,(H,25,26)(H,27,28). The van der Waals surface area contributed by atoms with Crippen molar-refractivity contribution in [1.82, 2.24) is 10.2 Å². The number of nitrogens with zero attached hydrogens (tertiary/aromatic N) is 1. The molecule has 6 heteroatoms. The minimum absolute atomic E-state index is 0.0916. The van der Waals surface area contributed by atoms with Crippen LogP contribution in [0.2, 0.25) is 0 Å². The Bertz CT molecular complexity index is 995. The molecular formula is C23H25FN2O3. The summed E-state index contributed by atoms with van der Waals surface area (Å²) in [6.07, 6.45) is 7.50. The molecule has 152 valence electrons. The van der Waals surface area contributed by atoms with Crippen molar-refractivity contribution in [3.05, 3.63) is 59.5 Å². The molecule has 4 rings (SSSR count). The van der Waals surface area contributed by atoms with Gasteiger partial charge in [-0.2, -0.15) is 5.10 Å². The number of hydrogen-bond donors (Lipinski definition) is 2. The van der Waals surface area contributed by atoms with Crippen molar-refractivity contribution in [1.29, 1.82) is 0 Å². The largest absolute Gasteiger partial charge is 0.486 e. The molecule has 1 heterocycles. The predicted octanol–water partition coefficient (Wildman–Crippen LogP) is 5.42. The third kappa shape index (κ3) is 4.75. The Hall–Kier alpha value is -2.89. The summed E-state index contributed by atoms with van der Waals surface area (Å²) in [5.74, 6) is -0.283. The molecule has 2 aromatic carbocycles. The molecule has 1 saturated carbocycles. The number of aromatic nitrogens is 2. The van der Waals surface area contributed by atoms with Crippen LogP contribution >= 0.6 is 0 Å². The number of carboxylic acid groups (broad SMARTS) is 1. The van der Waals surface area contributed by atoms with Crippen molar-refractivity contribution in [2.45, 2.75) is 51.0 Å². The van der Waals surface area contributed by atoms with Crippen LogP contribution in [0.4, 0.5) is 4.39 Å². The van der Waals surface area contributed by atoms with Crippen LogP contribution in [0.15, 0.2) is 42.6 Å². The minimum Gasteiger partial charge on any atom is -0.486 e. The van der Waals surface area contributed by atoms with Gasteiger partial charge in [0.05, 0.1) is 11.7 Å². The fourth-order valence-electron chi connectivity index (χ4n) is 4.17. The highest BCUT2D eigenvalue weighted by atomic mass is 19.1. The van der Waals surface area contributed by atoms with E-state index in [0.717, 1.165) is 22.9 Å². The van der Waals surface area contributed by atoms with Crippen LogP contribution in [0, 0.1) is 11.7 Å². The number of fused-ring (bicyclic) bond motifs is 1. The lowest BCUT2D eigenvalue weighted by Gasteiger charge is -2.23. The van der Waals surface area contributed by atoms with Gasteiger partial charge in [0.15, 0.2) is 0 Å². The number of hydrogen-bond acceptors (Lipinski definition) is 3. The topological polar surface area (TPSA) is 75.2 Å². The van der Waals surface area contributed by atoms with Gasteiger partial charge in [-0.15, -0.1) is 0 Å². The van der Waals surface area contributed by atoms with E-state index in [1.165, 1.54) is 31.7 Å². The van der Waals surface area contributed by atoms with Gasteiger partial charge in [0.25, 0.3) is 0 Å². The van der Waals surface area contributed by atoms with E-state index in [0.29, 0.717) is 17.2 Å². The van der Waals surface area contributed by atoms with Gasteiger partial charge in [-0.25, -0.2) is 4.39 Å². The maximum Gasteiger partial charge on any atom is 0.303 e. The summed E-state index contributed by atoms with van der Waals surface area (Å²) in [5.41, 5.74) is 2.40. The first kappa shape index (κ1) is 19.4. The van der Waals surface area contributed by atoms with E-state index in [-0.39, 0.29) is 18.9 Å². The molecule has 5 nitrogen and oxygen atoms in total. The molecule has 0 saturated heterocycles. The van der Waals surface area contributed by atoms with Gasteiger partial charge in [-0.1, -0.05) is 43.9 Å². The quantitative estimate of drug-likeness (QED) is 0.533. The molecule has 2 N–H and O–H groups in total. The molecule has 0 radical (unpaired) electrons. The molecule has 29 heavy (non-hydrogen) atoms. The summed E-state index contributed by atoms with van der Waals surface area (Å²) in [4.78, 5) is 10.7. The Morgan fingerprint density at radius 3 is 2.83 bits per heavy atom. The van der Waals surface area contributed by atoms with E-state index in [2.05, 4.69) is 22.3 Å². The molecule has 0 spiro atoms. The average molecular weight is 396 g/mol. The number of nitrogens with one attached hydrogen (secondary N) is 1. The van der Waals surface area contributed by atoms with E-state index < -0.39 is 11.8 Å². The van der Waals surface area contributed by atoms with Gasteiger partial charge in [0.1, 0.15) is 17.7 Å². The smallest absolute Gasteiger partial charge is 0.303 e. The molecule has 0 amide bonds. The molecule has 1 fully saturated rings. The molecule has 3 aromatic rings. The lowest BCUT2D eigenvalue weighted by molar-refractivity contribution is -0.136. The fourth-order valence-corrected chi connectivity index (χ4v) is 4.17. The lowest BCUT2D eigenvalue weighted by Crippen LogP contribution is -2.12. The third-order valence-electron chi connectivity index (χ3n) is 5.77. The van der Waals surface area contributed by atoms with Crippen molar-refractivity contribution in [2.75, 3.05) is 0 Å². The molecule has 1 aliphatic carbocycles. The van der Waals surface area contributed by atoms with Crippen LogP contribution in [0.5, 0.6) is 5.75 Å². The zero-order valence-electron chi connectivity index (χ0n) is 16.2. The number of aryl methyl sites for hydroxylation is 1. The summed E-state index contributed by atoms with van der Waals surface area (Å²) in [7, 11) is 0. The Balaban J connectivity index is 1.55. The number of H-pyrrole nitrogens is 1. The fraction of sp³-hybridized carbons (Fsp3) is 0.391. The van der Waals surface area contributed by atoms with E-state index in [9.17, 15) is 9.18 Å². The van der Waals surface area contributed by atoms with Crippen LogP contribution in [0.25, 0.3) is 10.9 Å². The summed E-state index contributed by atoms with van der Waals surface area (Å²) in [6.45, 7) is 0. The van der Waals surface area contributed by atoms with Gasteiger partial charge in [-0.05, 0) is 42.0 Å². The zero-order chi connectivity index (χ0) is 20.2. The number of aliphatic carboxylic acids is 1. The highest BCUT2D eigenvalue weighted by molar-refractivity contribution is 5.78. The third-order valence-corrected chi connectivity index (χ3v) is 5.77. The zero-order valence-corrected chi connectivity index (χ0v) is 16.2. The van der Waals surface area contributed by atoms with Crippen LogP contribution in [-0.2, 0) is 11.2 Å². The van der Waals surface area contributed by atoms with Crippen molar-refractivity contribution >= 4 is 16.9 Å². The second kappa shape index (κ2) is 8.64. The normalized spacial score (nSPS) is 15.6. The van der Waals surface area contributed by atoms with Crippen molar-refractivity contribution in [2.24, 2.45) is 5.92 Å². The first-order chi connectivity index (χ1) is 14.1. The maximum atomic E-state index is 14.4. The molecule has 0 bridgehead atoms. The second-order valence-corrected chi connectivity index (χ2v) is 7.86. The SMILES string of the molecule is O=C(O)CCc1ccc(OC(CC2CCCC2)c2ccc3cn[nH]c3c2)cc1F. The number of rotatable bonds is 8. The highest BCUT2D eigenvalue weighted by Gasteiger charge is 2.23. The number of ether oxygens (including phenoxy) is 1. The predicted molar refractivity (Wildman–Crippen MR) is 108 cm³/mol. The van der Waals surface area contributed by atoms with Crippen LogP contribution in [0.1, 0.15) is 55.8 Å². The number of benzene rings is 2. The van der Waals surface area contributed by atoms with Crippen LogP contribution in [-0.4, -0.2) is 21.3 Å². The van der Waals surface area contributed by atoms with Crippen molar-refractivity contribution in [3.8, 4) is 5.75 Å².